The Labute approximate surface area is 266 Å². The number of hydrogen-bond acceptors (Lipinski definition) is 7. The SMILES string of the molecule is C=Cc1cc2cc([C@@H](C)NC(=O)[C@@H]3CCCN(C(=O)[C@H](C)NC(=O)[C@@H](NC(=O)C(C)[C@@H](/C=C/C)OC)C(C)C)N3)ccc2cn1. The number of methoxy groups -OCH3 is 1. The number of aromatic nitrogens is 1. The second-order valence-electron chi connectivity index (χ2n) is 11.9. The molecule has 244 valence electrons. The molecule has 4 N–H and O–H groups in total. The molecule has 2 aromatic rings. The second kappa shape index (κ2) is 16.3. The minimum Gasteiger partial charge on any atom is -0.377 e. The third-order valence-corrected chi connectivity index (χ3v) is 8.14. The Bertz CT molecular complexity index is 1410. The van der Waals surface area contributed by atoms with E-state index >= 15 is 0 Å². The first-order valence-corrected chi connectivity index (χ1v) is 15.6. The first-order valence-electron chi connectivity index (χ1n) is 15.6. The predicted octanol–water partition coefficient (Wildman–Crippen LogP) is 3.42. The molecule has 1 aliphatic rings. The van der Waals surface area contributed by atoms with Gasteiger partial charge in [-0.15, -0.1) is 0 Å². The molecule has 1 aliphatic heterocycles. The molecule has 1 aromatic heterocycles. The number of amides is 4. The van der Waals surface area contributed by atoms with E-state index in [1.54, 1.807) is 32.2 Å². The van der Waals surface area contributed by atoms with Gasteiger partial charge in [0.15, 0.2) is 0 Å². The summed E-state index contributed by atoms with van der Waals surface area (Å²) in [6.07, 6.45) is 7.83. The predicted molar refractivity (Wildman–Crippen MR) is 175 cm³/mol. The molecule has 0 aliphatic carbocycles. The molecule has 3 rings (SSSR count). The third-order valence-electron chi connectivity index (χ3n) is 8.14. The zero-order chi connectivity index (χ0) is 33.3. The van der Waals surface area contributed by atoms with Crippen LogP contribution in [0.25, 0.3) is 16.8 Å². The van der Waals surface area contributed by atoms with Crippen LogP contribution in [0.5, 0.6) is 0 Å². The first-order chi connectivity index (χ1) is 21.4. The Morgan fingerprint density at radius 3 is 2.42 bits per heavy atom. The summed E-state index contributed by atoms with van der Waals surface area (Å²) in [5.74, 6) is -2.12. The Kier molecular flexibility index (Phi) is 12.8. The van der Waals surface area contributed by atoms with Crippen LogP contribution in [0.3, 0.4) is 0 Å². The monoisotopic (exact) mass is 620 g/mol. The van der Waals surface area contributed by atoms with Crippen molar-refractivity contribution >= 4 is 40.5 Å². The summed E-state index contributed by atoms with van der Waals surface area (Å²) in [5, 5.41) is 12.0. The number of carbonyl (C=O) groups excluding carboxylic acids is 4. The van der Waals surface area contributed by atoms with Gasteiger partial charge in [-0.3, -0.25) is 29.2 Å². The number of ether oxygens (including phenoxy) is 1. The van der Waals surface area contributed by atoms with Crippen LogP contribution in [0.1, 0.15) is 71.7 Å². The number of nitrogens with one attached hydrogen (secondary N) is 4. The number of fused-ring (bicyclic) bond motifs is 1. The van der Waals surface area contributed by atoms with Crippen molar-refractivity contribution in [3.8, 4) is 0 Å². The van der Waals surface area contributed by atoms with Gasteiger partial charge >= 0.3 is 0 Å². The smallest absolute Gasteiger partial charge is 0.258 e. The van der Waals surface area contributed by atoms with E-state index in [-0.39, 0.29) is 29.7 Å². The van der Waals surface area contributed by atoms with E-state index in [0.717, 1.165) is 22.0 Å². The van der Waals surface area contributed by atoms with Crippen molar-refractivity contribution < 1.29 is 23.9 Å². The zero-order valence-corrected chi connectivity index (χ0v) is 27.4. The van der Waals surface area contributed by atoms with Gasteiger partial charge in [0.2, 0.25) is 17.7 Å². The zero-order valence-electron chi connectivity index (χ0n) is 27.4. The van der Waals surface area contributed by atoms with Crippen molar-refractivity contribution in [1.29, 1.82) is 0 Å². The summed E-state index contributed by atoms with van der Waals surface area (Å²) in [4.78, 5) is 57.0. The van der Waals surface area contributed by atoms with Gasteiger partial charge in [-0.2, -0.15) is 0 Å². The first kappa shape index (κ1) is 35.4. The molecule has 1 saturated heterocycles. The van der Waals surface area contributed by atoms with E-state index in [9.17, 15) is 19.2 Å². The molecule has 0 saturated carbocycles. The van der Waals surface area contributed by atoms with Gasteiger partial charge in [-0.25, -0.2) is 5.43 Å². The van der Waals surface area contributed by atoms with Crippen LogP contribution < -0.4 is 21.4 Å². The van der Waals surface area contributed by atoms with Gasteiger partial charge in [0.05, 0.1) is 23.8 Å². The van der Waals surface area contributed by atoms with Crippen LogP contribution in [0, 0.1) is 11.8 Å². The van der Waals surface area contributed by atoms with Gasteiger partial charge in [-0.1, -0.05) is 51.6 Å². The molecular formula is C34H48N6O5. The minimum atomic E-state index is -0.886. The van der Waals surface area contributed by atoms with Crippen LogP contribution in [0.2, 0.25) is 0 Å². The summed E-state index contributed by atoms with van der Waals surface area (Å²) >= 11 is 0. The maximum Gasteiger partial charge on any atom is 0.258 e. The highest BCUT2D eigenvalue weighted by Gasteiger charge is 2.34. The van der Waals surface area contributed by atoms with Gasteiger partial charge in [0.25, 0.3) is 5.91 Å². The molecule has 1 fully saturated rings. The lowest BCUT2D eigenvalue weighted by molar-refractivity contribution is -0.143. The number of benzene rings is 1. The second-order valence-corrected chi connectivity index (χ2v) is 11.9. The largest absolute Gasteiger partial charge is 0.377 e. The fraction of sp³-hybridized carbons (Fsp3) is 0.500. The van der Waals surface area contributed by atoms with Crippen molar-refractivity contribution in [2.75, 3.05) is 13.7 Å². The molecule has 6 atom stereocenters. The lowest BCUT2D eigenvalue weighted by Crippen LogP contribution is -2.62. The number of hydrazine groups is 1. The summed E-state index contributed by atoms with van der Waals surface area (Å²) in [6, 6.07) is 5.30. The molecule has 11 heteroatoms. The summed E-state index contributed by atoms with van der Waals surface area (Å²) in [7, 11) is 1.53. The van der Waals surface area contributed by atoms with Crippen molar-refractivity contribution in [2.45, 2.75) is 84.7 Å². The highest BCUT2D eigenvalue weighted by atomic mass is 16.5. The Morgan fingerprint density at radius 2 is 1.78 bits per heavy atom. The number of pyridine rings is 1. The van der Waals surface area contributed by atoms with Gasteiger partial charge in [0, 0.05) is 25.2 Å². The molecule has 1 aromatic carbocycles. The molecule has 0 radical (unpaired) electrons. The number of allylic oxidation sites excluding steroid dienone is 1. The number of carbonyl (C=O) groups is 4. The highest BCUT2D eigenvalue weighted by Crippen LogP contribution is 2.22. The number of hydrogen-bond donors (Lipinski definition) is 4. The summed E-state index contributed by atoms with van der Waals surface area (Å²) < 4.78 is 5.39. The van der Waals surface area contributed by atoms with Gasteiger partial charge in [0.1, 0.15) is 18.1 Å². The van der Waals surface area contributed by atoms with E-state index in [1.165, 1.54) is 12.1 Å². The highest BCUT2D eigenvalue weighted by molar-refractivity contribution is 5.93. The van der Waals surface area contributed by atoms with Crippen LogP contribution in [-0.4, -0.2) is 71.5 Å². The maximum atomic E-state index is 13.3. The summed E-state index contributed by atoms with van der Waals surface area (Å²) in [6.45, 7) is 14.9. The van der Waals surface area contributed by atoms with E-state index in [1.807, 2.05) is 58.0 Å². The van der Waals surface area contributed by atoms with Crippen molar-refractivity contribution in [1.82, 2.24) is 31.4 Å². The molecular weight excluding hydrogens is 572 g/mol. The lowest BCUT2D eigenvalue weighted by Gasteiger charge is -2.35. The van der Waals surface area contributed by atoms with Crippen molar-refractivity contribution in [3.05, 3.63) is 60.5 Å². The Morgan fingerprint density at radius 1 is 1.04 bits per heavy atom. The Hall–Kier alpha value is -4.09. The van der Waals surface area contributed by atoms with Crippen LogP contribution in [0.4, 0.5) is 0 Å². The molecule has 11 nitrogen and oxygen atoms in total. The third kappa shape index (κ3) is 9.21. The topological polar surface area (TPSA) is 142 Å². The fourth-order valence-corrected chi connectivity index (χ4v) is 5.30. The average Bonchev–Trinajstić information content (AvgIpc) is 3.04. The van der Waals surface area contributed by atoms with E-state index < -0.39 is 36.1 Å². The standard InChI is InChI=1S/C34H48N6O5/c1-9-12-29(45-8)21(5)31(41)38-30(20(3)4)33(43)37-23(7)34(44)40-16-11-13-28(39-40)32(42)36-22(6)24-14-15-25-19-35-27(10-2)18-26(25)17-24/h9-10,12,14-15,17-23,28-30,39H,2,11,13,16H2,1,3-8H3,(H,36,42)(H,37,43)(H,38,41)/b12-9+/t21?,22-,23+,28+,29-,30+/m1/s1. The van der Waals surface area contributed by atoms with E-state index in [2.05, 4.69) is 32.9 Å². The summed E-state index contributed by atoms with van der Waals surface area (Å²) in [5.41, 5.74) is 4.77. The van der Waals surface area contributed by atoms with Crippen LogP contribution in [0.15, 0.2) is 49.2 Å². The van der Waals surface area contributed by atoms with Gasteiger partial charge < -0.3 is 20.7 Å². The Balaban J connectivity index is 1.59. The lowest BCUT2D eigenvalue weighted by atomic mass is 9.99. The van der Waals surface area contributed by atoms with Crippen molar-refractivity contribution in [2.24, 2.45) is 11.8 Å². The molecule has 45 heavy (non-hydrogen) atoms. The maximum absolute atomic E-state index is 13.3. The molecule has 4 amide bonds. The average molecular weight is 621 g/mol. The van der Waals surface area contributed by atoms with Crippen LogP contribution >= 0.6 is 0 Å². The number of nitrogens with zero attached hydrogens (tertiary/aromatic N) is 2. The molecule has 0 bridgehead atoms. The van der Waals surface area contributed by atoms with E-state index in [0.29, 0.717) is 19.4 Å². The quantitative estimate of drug-likeness (QED) is 0.252. The van der Waals surface area contributed by atoms with Gasteiger partial charge in [-0.05, 0) is 68.7 Å². The molecule has 0 spiro atoms. The number of rotatable bonds is 13. The minimum absolute atomic E-state index is 0.220. The molecule has 2 heterocycles. The van der Waals surface area contributed by atoms with E-state index in [4.69, 9.17) is 4.74 Å². The normalized spacial score (nSPS) is 18.6. The van der Waals surface area contributed by atoms with Crippen LogP contribution in [-0.2, 0) is 23.9 Å². The molecule has 1 unspecified atom stereocenters. The van der Waals surface area contributed by atoms with Crippen molar-refractivity contribution in [3.63, 3.8) is 0 Å². The fourth-order valence-electron chi connectivity index (χ4n) is 5.30.